The Hall–Kier alpha value is -4.69. The van der Waals surface area contributed by atoms with Gasteiger partial charge in [-0.1, -0.05) is 80.6 Å². The van der Waals surface area contributed by atoms with Crippen molar-refractivity contribution in [3.63, 3.8) is 0 Å². The van der Waals surface area contributed by atoms with Crippen LogP contribution in [-0.4, -0.2) is 49.9 Å². The van der Waals surface area contributed by atoms with E-state index < -0.39 is 0 Å². The van der Waals surface area contributed by atoms with Crippen molar-refractivity contribution in [1.29, 1.82) is 0 Å². The van der Waals surface area contributed by atoms with Crippen LogP contribution in [0.2, 0.25) is 0 Å². The molecule has 0 spiro atoms. The minimum atomic E-state index is -0.296. The summed E-state index contributed by atoms with van der Waals surface area (Å²) in [7, 11) is 0. The summed E-state index contributed by atoms with van der Waals surface area (Å²) in [6, 6.07) is 27.2. The van der Waals surface area contributed by atoms with Crippen LogP contribution in [0.3, 0.4) is 0 Å². The molecular formula is C37H41N7O. The van der Waals surface area contributed by atoms with E-state index in [4.69, 9.17) is 4.98 Å². The molecule has 0 bridgehead atoms. The molecule has 4 heterocycles. The number of likely N-dealkylation sites (tertiary alicyclic amines) is 1. The van der Waals surface area contributed by atoms with E-state index in [0.717, 1.165) is 83.3 Å². The molecule has 0 unspecified atom stereocenters. The fraction of sp³-hybridized carbons (Fsp3) is 0.324. The van der Waals surface area contributed by atoms with Crippen LogP contribution in [0.25, 0.3) is 33.6 Å². The molecule has 3 atom stereocenters. The van der Waals surface area contributed by atoms with Crippen molar-refractivity contribution < 1.29 is 4.79 Å². The van der Waals surface area contributed by atoms with Gasteiger partial charge < -0.3 is 25.5 Å². The molecule has 0 radical (unpaired) electrons. The number of aromatic amines is 2. The first-order valence-corrected chi connectivity index (χ1v) is 16.2. The summed E-state index contributed by atoms with van der Waals surface area (Å²) in [6.07, 6.45) is 8.02. The first-order valence-electron chi connectivity index (χ1n) is 16.2. The molecule has 2 saturated heterocycles. The number of carbonyl (C=O) groups excluding carboxylic acids is 1. The number of H-pyrrole nitrogens is 2. The lowest BCUT2D eigenvalue weighted by Crippen LogP contribution is -2.45. The van der Waals surface area contributed by atoms with Crippen LogP contribution in [-0.2, 0) is 4.79 Å². The van der Waals surface area contributed by atoms with Crippen molar-refractivity contribution in [3.8, 4) is 33.6 Å². The molecule has 3 aromatic carbocycles. The van der Waals surface area contributed by atoms with Crippen molar-refractivity contribution in [2.24, 2.45) is 5.92 Å². The highest BCUT2D eigenvalue weighted by Crippen LogP contribution is 2.34. The number of carbonyl (C=O) groups is 1. The maximum Gasteiger partial charge on any atom is 0.245 e. The van der Waals surface area contributed by atoms with Gasteiger partial charge in [0, 0.05) is 12.2 Å². The molecule has 5 aromatic rings. The SMILES string of the molecule is CC(C)[C@@H](Nc1ccccc1)C(=O)N1CCC[C@H]1c1ncc(-c2ccc(-c3ccc(-c4cnc([C@@H]5CCCN5)[nH]4)cc3)cc2)[nH]1. The molecular weight excluding hydrogens is 558 g/mol. The van der Waals surface area contributed by atoms with E-state index in [1.54, 1.807) is 0 Å². The molecule has 230 valence electrons. The molecule has 2 fully saturated rings. The number of nitrogens with one attached hydrogen (secondary N) is 4. The Labute approximate surface area is 264 Å². The van der Waals surface area contributed by atoms with Gasteiger partial charge in [0.2, 0.25) is 5.91 Å². The molecule has 8 heteroatoms. The largest absolute Gasteiger partial charge is 0.373 e. The average molecular weight is 600 g/mol. The van der Waals surface area contributed by atoms with E-state index in [2.05, 4.69) is 88.0 Å². The number of hydrogen-bond acceptors (Lipinski definition) is 5. The second-order valence-corrected chi connectivity index (χ2v) is 12.6. The summed E-state index contributed by atoms with van der Waals surface area (Å²) >= 11 is 0. The van der Waals surface area contributed by atoms with Crippen molar-refractivity contribution in [3.05, 3.63) is 103 Å². The van der Waals surface area contributed by atoms with E-state index >= 15 is 0 Å². The Morgan fingerprint density at radius 3 is 1.98 bits per heavy atom. The topological polar surface area (TPSA) is 102 Å². The number of hydrogen-bond donors (Lipinski definition) is 4. The Morgan fingerprint density at radius 1 is 0.778 bits per heavy atom. The van der Waals surface area contributed by atoms with Crippen molar-refractivity contribution in [1.82, 2.24) is 30.2 Å². The molecule has 7 rings (SSSR count). The van der Waals surface area contributed by atoms with Gasteiger partial charge in [-0.05, 0) is 72.5 Å². The van der Waals surface area contributed by atoms with Gasteiger partial charge in [-0.3, -0.25) is 4.79 Å². The van der Waals surface area contributed by atoms with Crippen LogP contribution in [0.5, 0.6) is 0 Å². The normalized spacial score (nSPS) is 18.9. The highest BCUT2D eigenvalue weighted by Gasteiger charge is 2.36. The van der Waals surface area contributed by atoms with Gasteiger partial charge in [0.25, 0.3) is 0 Å². The summed E-state index contributed by atoms with van der Waals surface area (Å²) in [5.41, 5.74) is 7.49. The molecule has 45 heavy (non-hydrogen) atoms. The number of anilines is 1. The Morgan fingerprint density at radius 2 is 1.38 bits per heavy atom. The number of nitrogens with zero attached hydrogens (tertiary/aromatic N) is 3. The van der Waals surface area contributed by atoms with Crippen LogP contribution in [0.1, 0.15) is 63.3 Å². The molecule has 2 aromatic heterocycles. The number of aromatic nitrogens is 4. The van der Waals surface area contributed by atoms with E-state index in [1.165, 1.54) is 6.42 Å². The highest BCUT2D eigenvalue weighted by atomic mass is 16.2. The average Bonchev–Trinajstić information content (AvgIpc) is 3.91. The minimum absolute atomic E-state index is 0.0526. The Bertz CT molecular complexity index is 1720. The van der Waals surface area contributed by atoms with E-state index in [9.17, 15) is 4.79 Å². The molecule has 0 aliphatic carbocycles. The predicted molar refractivity (Wildman–Crippen MR) is 179 cm³/mol. The zero-order valence-corrected chi connectivity index (χ0v) is 26.0. The zero-order chi connectivity index (χ0) is 30.8. The Kier molecular flexibility index (Phi) is 8.22. The van der Waals surface area contributed by atoms with Crippen LogP contribution in [0.4, 0.5) is 5.69 Å². The van der Waals surface area contributed by atoms with Gasteiger partial charge in [-0.2, -0.15) is 0 Å². The first kappa shape index (κ1) is 29.0. The molecule has 1 amide bonds. The third-order valence-corrected chi connectivity index (χ3v) is 9.19. The Balaban J connectivity index is 1.03. The zero-order valence-electron chi connectivity index (χ0n) is 26.0. The summed E-state index contributed by atoms with van der Waals surface area (Å²) in [4.78, 5) is 32.2. The maximum absolute atomic E-state index is 13.8. The summed E-state index contributed by atoms with van der Waals surface area (Å²) < 4.78 is 0. The van der Waals surface area contributed by atoms with Crippen molar-refractivity contribution >= 4 is 11.6 Å². The number of amides is 1. The number of imidazole rings is 2. The predicted octanol–water partition coefficient (Wildman–Crippen LogP) is 7.36. The van der Waals surface area contributed by atoms with Crippen LogP contribution in [0.15, 0.2) is 91.3 Å². The van der Waals surface area contributed by atoms with Gasteiger partial charge in [0.05, 0.1) is 35.9 Å². The fourth-order valence-electron chi connectivity index (χ4n) is 6.64. The lowest BCUT2D eigenvalue weighted by molar-refractivity contribution is -0.134. The van der Waals surface area contributed by atoms with Gasteiger partial charge in [-0.25, -0.2) is 9.97 Å². The molecule has 8 nitrogen and oxygen atoms in total. The van der Waals surface area contributed by atoms with Crippen LogP contribution >= 0.6 is 0 Å². The lowest BCUT2D eigenvalue weighted by atomic mass is 10.0. The van der Waals surface area contributed by atoms with Gasteiger partial charge >= 0.3 is 0 Å². The van der Waals surface area contributed by atoms with E-state index in [1.807, 2.05) is 47.6 Å². The van der Waals surface area contributed by atoms with Crippen LogP contribution < -0.4 is 10.6 Å². The third kappa shape index (κ3) is 6.15. The van der Waals surface area contributed by atoms with Gasteiger partial charge in [0.1, 0.15) is 17.7 Å². The quantitative estimate of drug-likeness (QED) is 0.142. The number of para-hydroxylation sites is 1. The molecule has 2 aliphatic heterocycles. The van der Waals surface area contributed by atoms with Crippen molar-refractivity contribution in [2.45, 2.75) is 57.7 Å². The highest BCUT2D eigenvalue weighted by molar-refractivity contribution is 5.85. The third-order valence-electron chi connectivity index (χ3n) is 9.19. The van der Waals surface area contributed by atoms with Crippen LogP contribution in [0, 0.1) is 5.92 Å². The maximum atomic E-state index is 13.8. The second kappa shape index (κ2) is 12.7. The summed E-state index contributed by atoms with van der Waals surface area (Å²) in [5.74, 6) is 2.15. The first-order chi connectivity index (χ1) is 22.0. The number of benzene rings is 3. The minimum Gasteiger partial charge on any atom is -0.373 e. The van der Waals surface area contributed by atoms with E-state index in [-0.39, 0.29) is 23.9 Å². The summed E-state index contributed by atoms with van der Waals surface area (Å²) in [6.45, 7) is 5.99. The summed E-state index contributed by atoms with van der Waals surface area (Å²) in [5, 5.41) is 6.97. The smallest absolute Gasteiger partial charge is 0.245 e. The number of rotatable bonds is 9. The molecule has 0 saturated carbocycles. The monoisotopic (exact) mass is 599 g/mol. The molecule has 4 N–H and O–H groups in total. The van der Waals surface area contributed by atoms with Gasteiger partial charge in [-0.15, -0.1) is 0 Å². The second-order valence-electron chi connectivity index (χ2n) is 12.6. The van der Waals surface area contributed by atoms with E-state index in [0.29, 0.717) is 6.04 Å². The lowest BCUT2D eigenvalue weighted by Gasteiger charge is -2.31. The molecule has 2 aliphatic rings. The van der Waals surface area contributed by atoms with Gasteiger partial charge in [0.15, 0.2) is 0 Å². The standard InChI is InChI=1S/C37H41N7O/c1-24(2)34(41-29-8-4-3-5-9-29)37(45)44-21-7-11-33(44)36-40-23-32(43-36)28-18-14-26(15-19-28)25-12-16-27(17-13-25)31-22-39-35(42-31)30-10-6-20-38-30/h3-5,8-9,12-19,22-24,30,33-34,38,41H,6-7,10-11,20-21H2,1-2H3,(H,39,42)(H,40,43)/t30-,33-,34+/m0/s1. The van der Waals surface area contributed by atoms with Crippen molar-refractivity contribution in [2.75, 3.05) is 18.4 Å². The fourth-order valence-corrected chi connectivity index (χ4v) is 6.64.